The van der Waals surface area contributed by atoms with Crippen LogP contribution in [0.1, 0.15) is 32.3 Å². The third-order valence-electron chi connectivity index (χ3n) is 3.30. The van der Waals surface area contributed by atoms with E-state index in [9.17, 15) is 9.59 Å². The summed E-state index contributed by atoms with van der Waals surface area (Å²) in [6.45, 7) is 5.63. The second-order valence-corrected chi connectivity index (χ2v) is 5.02. The summed E-state index contributed by atoms with van der Waals surface area (Å²) in [6, 6.07) is 7.62. The van der Waals surface area contributed by atoms with Gasteiger partial charge in [0.2, 0.25) is 11.8 Å². The molecule has 1 atom stereocenters. The van der Waals surface area contributed by atoms with Crippen LogP contribution >= 0.6 is 0 Å². The van der Waals surface area contributed by atoms with Crippen LogP contribution in [0.2, 0.25) is 0 Å². The van der Waals surface area contributed by atoms with Gasteiger partial charge in [-0.1, -0.05) is 26.0 Å². The zero-order chi connectivity index (χ0) is 13.8. The fourth-order valence-corrected chi connectivity index (χ4v) is 2.27. The van der Waals surface area contributed by atoms with E-state index >= 15 is 0 Å². The Bertz CT molecular complexity index is 485. The second kappa shape index (κ2) is 5.97. The molecule has 0 spiro atoms. The fourth-order valence-electron chi connectivity index (χ4n) is 2.27. The predicted molar refractivity (Wildman–Crippen MR) is 74.7 cm³/mol. The SMILES string of the molecule is CCCNCc1cccc(N2C(=O)CC(C)C2=O)c1. The van der Waals surface area contributed by atoms with Crippen LogP contribution < -0.4 is 10.2 Å². The van der Waals surface area contributed by atoms with Crippen molar-refractivity contribution in [2.24, 2.45) is 5.92 Å². The topological polar surface area (TPSA) is 49.4 Å². The fraction of sp³-hybridized carbons (Fsp3) is 0.467. The minimum Gasteiger partial charge on any atom is -0.313 e. The van der Waals surface area contributed by atoms with Gasteiger partial charge in [-0.3, -0.25) is 14.5 Å². The van der Waals surface area contributed by atoms with Gasteiger partial charge in [-0.2, -0.15) is 0 Å². The Morgan fingerprint density at radius 1 is 1.37 bits per heavy atom. The van der Waals surface area contributed by atoms with Gasteiger partial charge in [-0.15, -0.1) is 0 Å². The first-order chi connectivity index (χ1) is 9.13. The standard InChI is InChI=1S/C15H20N2O2/c1-3-7-16-10-12-5-4-6-13(9-12)17-14(18)8-11(2)15(17)19/h4-6,9,11,16H,3,7-8,10H2,1-2H3. The molecule has 0 radical (unpaired) electrons. The van der Waals surface area contributed by atoms with Crippen molar-refractivity contribution in [2.45, 2.75) is 33.2 Å². The summed E-state index contributed by atoms with van der Waals surface area (Å²) < 4.78 is 0. The van der Waals surface area contributed by atoms with Gasteiger partial charge in [-0.25, -0.2) is 0 Å². The molecule has 4 nitrogen and oxygen atoms in total. The lowest BCUT2D eigenvalue weighted by atomic mass is 10.1. The van der Waals surface area contributed by atoms with Crippen LogP contribution in [0.15, 0.2) is 24.3 Å². The zero-order valence-electron chi connectivity index (χ0n) is 11.5. The highest BCUT2D eigenvalue weighted by molar-refractivity contribution is 6.20. The van der Waals surface area contributed by atoms with Crippen LogP contribution in [0.5, 0.6) is 0 Å². The minimum atomic E-state index is -0.200. The van der Waals surface area contributed by atoms with Crippen LogP contribution in [0, 0.1) is 5.92 Å². The monoisotopic (exact) mass is 260 g/mol. The third-order valence-corrected chi connectivity index (χ3v) is 3.30. The van der Waals surface area contributed by atoms with E-state index in [4.69, 9.17) is 0 Å². The maximum atomic E-state index is 12.0. The predicted octanol–water partition coefficient (Wildman–Crippen LogP) is 2.09. The van der Waals surface area contributed by atoms with E-state index in [0.29, 0.717) is 12.1 Å². The molecule has 1 aliphatic heterocycles. The number of carbonyl (C=O) groups excluding carboxylic acids is 2. The highest BCUT2D eigenvalue weighted by Gasteiger charge is 2.36. The Morgan fingerprint density at radius 2 is 2.16 bits per heavy atom. The number of hydrogen-bond donors (Lipinski definition) is 1. The van der Waals surface area contributed by atoms with Crippen LogP contribution in [0.4, 0.5) is 5.69 Å². The first-order valence-corrected chi connectivity index (χ1v) is 6.80. The van der Waals surface area contributed by atoms with Crippen LogP contribution in [0.3, 0.4) is 0 Å². The first-order valence-electron chi connectivity index (χ1n) is 6.80. The van der Waals surface area contributed by atoms with Gasteiger partial charge in [0, 0.05) is 18.9 Å². The summed E-state index contributed by atoms with van der Waals surface area (Å²) in [6.07, 6.45) is 1.40. The summed E-state index contributed by atoms with van der Waals surface area (Å²) in [5.41, 5.74) is 1.78. The lowest BCUT2D eigenvalue weighted by Gasteiger charge is -2.15. The maximum Gasteiger partial charge on any atom is 0.237 e. The highest BCUT2D eigenvalue weighted by atomic mass is 16.2. The number of nitrogens with one attached hydrogen (secondary N) is 1. The van der Waals surface area contributed by atoms with Crippen molar-refractivity contribution in [2.75, 3.05) is 11.4 Å². The van der Waals surface area contributed by atoms with Crippen LogP contribution in [-0.2, 0) is 16.1 Å². The molecule has 0 bridgehead atoms. The molecule has 0 aliphatic carbocycles. The first kappa shape index (κ1) is 13.7. The molecule has 19 heavy (non-hydrogen) atoms. The number of anilines is 1. The summed E-state index contributed by atoms with van der Waals surface area (Å²) in [7, 11) is 0. The molecule has 1 unspecified atom stereocenters. The lowest BCUT2D eigenvalue weighted by Crippen LogP contribution is -2.30. The Balaban J connectivity index is 2.14. The van der Waals surface area contributed by atoms with E-state index in [-0.39, 0.29) is 17.7 Å². The zero-order valence-corrected chi connectivity index (χ0v) is 11.5. The quantitative estimate of drug-likeness (QED) is 0.651. The molecule has 4 heteroatoms. The molecule has 102 valence electrons. The summed E-state index contributed by atoms with van der Waals surface area (Å²) >= 11 is 0. The Morgan fingerprint density at radius 3 is 2.79 bits per heavy atom. The van der Waals surface area contributed by atoms with E-state index in [1.54, 1.807) is 6.92 Å². The number of benzene rings is 1. The van der Waals surface area contributed by atoms with Gasteiger partial charge >= 0.3 is 0 Å². The van der Waals surface area contributed by atoms with Crippen molar-refractivity contribution >= 4 is 17.5 Å². The molecule has 1 heterocycles. The Hall–Kier alpha value is -1.68. The smallest absolute Gasteiger partial charge is 0.237 e. The highest BCUT2D eigenvalue weighted by Crippen LogP contribution is 2.26. The molecular weight excluding hydrogens is 240 g/mol. The van der Waals surface area contributed by atoms with E-state index in [1.807, 2.05) is 24.3 Å². The summed E-state index contributed by atoms with van der Waals surface area (Å²) in [4.78, 5) is 25.1. The molecule has 1 aromatic carbocycles. The molecule has 1 aromatic rings. The van der Waals surface area contributed by atoms with Gasteiger partial charge in [0.1, 0.15) is 0 Å². The largest absolute Gasteiger partial charge is 0.313 e. The van der Waals surface area contributed by atoms with Crippen molar-refractivity contribution in [3.8, 4) is 0 Å². The third kappa shape index (κ3) is 3.01. The summed E-state index contributed by atoms with van der Waals surface area (Å²) in [5.74, 6) is -0.394. The number of rotatable bonds is 5. The number of carbonyl (C=O) groups is 2. The molecule has 1 saturated heterocycles. The Labute approximate surface area is 113 Å². The van der Waals surface area contributed by atoms with Gasteiger partial charge in [0.05, 0.1) is 5.69 Å². The van der Waals surface area contributed by atoms with Crippen molar-refractivity contribution in [1.29, 1.82) is 0 Å². The van der Waals surface area contributed by atoms with Crippen molar-refractivity contribution in [3.63, 3.8) is 0 Å². The number of imide groups is 1. The normalized spacial score (nSPS) is 19.3. The molecule has 2 amide bonds. The second-order valence-electron chi connectivity index (χ2n) is 5.02. The van der Waals surface area contributed by atoms with Crippen LogP contribution in [0.25, 0.3) is 0 Å². The maximum absolute atomic E-state index is 12.0. The van der Waals surface area contributed by atoms with Gasteiger partial charge < -0.3 is 5.32 Å². The van der Waals surface area contributed by atoms with Gasteiger partial charge in [0.15, 0.2) is 0 Å². The van der Waals surface area contributed by atoms with E-state index < -0.39 is 0 Å². The molecule has 1 N–H and O–H groups in total. The molecular formula is C15H20N2O2. The average molecular weight is 260 g/mol. The van der Waals surface area contributed by atoms with E-state index in [1.165, 1.54) is 4.90 Å². The molecule has 0 aromatic heterocycles. The molecule has 1 fully saturated rings. The number of amides is 2. The molecule has 1 aliphatic rings. The van der Waals surface area contributed by atoms with Crippen molar-refractivity contribution in [3.05, 3.63) is 29.8 Å². The molecule has 2 rings (SSSR count). The summed E-state index contributed by atoms with van der Waals surface area (Å²) in [5, 5.41) is 3.31. The van der Waals surface area contributed by atoms with Crippen molar-refractivity contribution < 1.29 is 9.59 Å². The molecule has 0 saturated carbocycles. The minimum absolute atomic E-state index is 0.0938. The average Bonchev–Trinajstić information content (AvgIpc) is 2.64. The van der Waals surface area contributed by atoms with Gasteiger partial charge in [-0.05, 0) is 30.7 Å². The number of nitrogens with zero attached hydrogens (tertiary/aromatic N) is 1. The van der Waals surface area contributed by atoms with Crippen molar-refractivity contribution in [1.82, 2.24) is 5.32 Å². The van der Waals surface area contributed by atoms with E-state index in [2.05, 4.69) is 12.2 Å². The number of hydrogen-bond acceptors (Lipinski definition) is 3. The van der Waals surface area contributed by atoms with Gasteiger partial charge in [0.25, 0.3) is 0 Å². The van der Waals surface area contributed by atoms with E-state index in [0.717, 1.165) is 25.1 Å². The Kier molecular flexibility index (Phi) is 4.32. The lowest BCUT2D eigenvalue weighted by molar-refractivity contribution is -0.122. The van der Waals surface area contributed by atoms with Crippen LogP contribution in [-0.4, -0.2) is 18.4 Å².